The lowest BCUT2D eigenvalue weighted by Crippen LogP contribution is -2.20. The molecule has 2 aromatic heterocycles. The van der Waals surface area contributed by atoms with Crippen molar-refractivity contribution in [3.63, 3.8) is 0 Å². The fourth-order valence-electron chi connectivity index (χ4n) is 2.11. The SMILES string of the molecule is Nc1ccnc(Cn2ccc3ccccc3c2=O)c1. The fourth-order valence-corrected chi connectivity index (χ4v) is 2.11. The van der Waals surface area contributed by atoms with Crippen molar-refractivity contribution in [3.05, 3.63) is 70.9 Å². The van der Waals surface area contributed by atoms with Gasteiger partial charge < -0.3 is 10.3 Å². The first-order valence-electron chi connectivity index (χ1n) is 6.02. The summed E-state index contributed by atoms with van der Waals surface area (Å²) in [6.45, 7) is 0.425. The standard InChI is InChI=1S/C15H13N3O/c16-12-5-7-17-13(9-12)10-18-8-6-11-3-1-2-4-14(11)15(18)19/h1-9H,10H2,(H2,16,17). The van der Waals surface area contributed by atoms with Crippen molar-refractivity contribution in [1.82, 2.24) is 9.55 Å². The molecule has 0 fully saturated rings. The normalized spacial score (nSPS) is 10.7. The molecule has 0 unspecified atom stereocenters. The van der Waals surface area contributed by atoms with E-state index in [1.54, 1.807) is 29.1 Å². The Kier molecular flexibility index (Phi) is 2.76. The Morgan fingerprint density at radius 1 is 1.16 bits per heavy atom. The van der Waals surface area contributed by atoms with E-state index in [1.807, 2.05) is 30.3 Å². The molecule has 0 spiro atoms. The van der Waals surface area contributed by atoms with Gasteiger partial charge in [-0.1, -0.05) is 18.2 Å². The van der Waals surface area contributed by atoms with Gasteiger partial charge in [0.25, 0.3) is 5.56 Å². The molecule has 0 aliphatic rings. The summed E-state index contributed by atoms with van der Waals surface area (Å²) in [5.41, 5.74) is 7.13. The molecule has 0 bridgehead atoms. The summed E-state index contributed by atoms with van der Waals surface area (Å²) in [6.07, 6.45) is 3.44. The first-order chi connectivity index (χ1) is 9.24. The Labute approximate surface area is 110 Å². The second-order valence-corrected chi connectivity index (χ2v) is 4.42. The van der Waals surface area contributed by atoms with Crippen LogP contribution < -0.4 is 11.3 Å². The molecule has 0 aliphatic heterocycles. The number of aromatic nitrogens is 2. The maximum absolute atomic E-state index is 12.3. The summed E-state index contributed by atoms with van der Waals surface area (Å²) in [6, 6.07) is 13.0. The second-order valence-electron chi connectivity index (χ2n) is 4.42. The maximum Gasteiger partial charge on any atom is 0.258 e. The minimum Gasteiger partial charge on any atom is -0.399 e. The van der Waals surface area contributed by atoms with Crippen molar-refractivity contribution in [2.45, 2.75) is 6.54 Å². The van der Waals surface area contributed by atoms with E-state index in [0.717, 1.165) is 11.1 Å². The Bertz CT molecular complexity index is 792. The maximum atomic E-state index is 12.3. The molecular weight excluding hydrogens is 238 g/mol. The Balaban J connectivity index is 2.06. The zero-order valence-corrected chi connectivity index (χ0v) is 10.3. The summed E-state index contributed by atoms with van der Waals surface area (Å²) in [7, 11) is 0. The van der Waals surface area contributed by atoms with Crippen LogP contribution >= 0.6 is 0 Å². The van der Waals surface area contributed by atoms with E-state index in [-0.39, 0.29) is 5.56 Å². The highest BCUT2D eigenvalue weighted by Gasteiger charge is 2.03. The van der Waals surface area contributed by atoms with E-state index < -0.39 is 0 Å². The van der Waals surface area contributed by atoms with Crippen molar-refractivity contribution in [1.29, 1.82) is 0 Å². The van der Waals surface area contributed by atoms with E-state index in [4.69, 9.17) is 5.73 Å². The third-order valence-corrected chi connectivity index (χ3v) is 3.06. The zero-order chi connectivity index (χ0) is 13.2. The van der Waals surface area contributed by atoms with Gasteiger partial charge >= 0.3 is 0 Å². The molecule has 2 N–H and O–H groups in total. The molecule has 2 heterocycles. The van der Waals surface area contributed by atoms with Gasteiger partial charge in [0.1, 0.15) is 0 Å². The molecule has 0 saturated carbocycles. The predicted octanol–water partition coefficient (Wildman–Crippen LogP) is 2.03. The Morgan fingerprint density at radius 2 is 2.00 bits per heavy atom. The molecule has 1 aromatic carbocycles. The van der Waals surface area contributed by atoms with E-state index in [1.165, 1.54) is 0 Å². The number of nitrogens with two attached hydrogens (primary N) is 1. The van der Waals surface area contributed by atoms with E-state index >= 15 is 0 Å². The van der Waals surface area contributed by atoms with Crippen LogP contribution in [-0.4, -0.2) is 9.55 Å². The van der Waals surface area contributed by atoms with Gasteiger partial charge in [-0.05, 0) is 29.7 Å². The predicted molar refractivity (Wildman–Crippen MR) is 76.0 cm³/mol. The zero-order valence-electron chi connectivity index (χ0n) is 10.3. The first-order valence-corrected chi connectivity index (χ1v) is 6.02. The quantitative estimate of drug-likeness (QED) is 0.758. The van der Waals surface area contributed by atoms with Gasteiger partial charge in [0, 0.05) is 23.5 Å². The minimum absolute atomic E-state index is 0.0117. The van der Waals surface area contributed by atoms with Crippen LogP contribution in [0.3, 0.4) is 0 Å². The number of anilines is 1. The fraction of sp³-hybridized carbons (Fsp3) is 0.0667. The van der Waals surface area contributed by atoms with Crippen molar-refractivity contribution in [2.24, 2.45) is 0 Å². The summed E-state index contributed by atoms with van der Waals surface area (Å²) in [5, 5.41) is 1.66. The summed E-state index contributed by atoms with van der Waals surface area (Å²) >= 11 is 0. The molecule has 3 aromatic rings. The Morgan fingerprint density at radius 3 is 2.84 bits per heavy atom. The highest BCUT2D eigenvalue weighted by atomic mass is 16.1. The smallest absolute Gasteiger partial charge is 0.258 e. The van der Waals surface area contributed by atoms with Crippen LogP contribution in [0.4, 0.5) is 5.69 Å². The Hall–Kier alpha value is -2.62. The monoisotopic (exact) mass is 251 g/mol. The number of rotatable bonds is 2. The molecule has 4 nitrogen and oxygen atoms in total. The molecule has 0 atom stereocenters. The third-order valence-electron chi connectivity index (χ3n) is 3.06. The number of benzene rings is 1. The van der Waals surface area contributed by atoms with Gasteiger partial charge in [0.05, 0.1) is 12.2 Å². The van der Waals surface area contributed by atoms with Gasteiger partial charge in [-0.2, -0.15) is 0 Å². The van der Waals surface area contributed by atoms with Gasteiger partial charge in [0.15, 0.2) is 0 Å². The van der Waals surface area contributed by atoms with E-state index in [2.05, 4.69) is 4.98 Å². The average molecular weight is 251 g/mol. The van der Waals surface area contributed by atoms with Crippen molar-refractivity contribution in [2.75, 3.05) is 5.73 Å². The number of fused-ring (bicyclic) bond motifs is 1. The molecule has 3 rings (SSSR count). The lowest BCUT2D eigenvalue weighted by Gasteiger charge is -2.07. The molecule has 0 saturated heterocycles. The van der Waals surface area contributed by atoms with Crippen LogP contribution in [0.25, 0.3) is 10.8 Å². The number of hydrogen-bond acceptors (Lipinski definition) is 3. The van der Waals surface area contributed by atoms with Gasteiger partial charge in [-0.15, -0.1) is 0 Å². The average Bonchev–Trinajstić information content (AvgIpc) is 2.42. The minimum atomic E-state index is -0.0117. The molecule has 94 valence electrons. The summed E-state index contributed by atoms with van der Waals surface area (Å²) < 4.78 is 1.64. The van der Waals surface area contributed by atoms with Gasteiger partial charge in [-0.25, -0.2) is 0 Å². The number of pyridine rings is 2. The molecular formula is C15H13N3O. The van der Waals surface area contributed by atoms with Crippen LogP contribution in [0.5, 0.6) is 0 Å². The van der Waals surface area contributed by atoms with Crippen molar-refractivity contribution < 1.29 is 0 Å². The highest BCUT2D eigenvalue weighted by Crippen LogP contribution is 2.09. The van der Waals surface area contributed by atoms with Crippen LogP contribution in [0.15, 0.2) is 59.7 Å². The second kappa shape index (κ2) is 4.57. The number of nitrogens with zero attached hydrogens (tertiary/aromatic N) is 2. The van der Waals surface area contributed by atoms with Crippen molar-refractivity contribution in [3.8, 4) is 0 Å². The van der Waals surface area contributed by atoms with Crippen LogP contribution in [-0.2, 0) is 6.54 Å². The lowest BCUT2D eigenvalue weighted by atomic mass is 10.2. The largest absolute Gasteiger partial charge is 0.399 e. The van der Waals surface area contributed by atoms with E-state index in [9.17, 15) is 4.79 Å². The van der Waals surface area contributed by atoms with Crippen LogP contribution in [0.1, 0.15) is 5.69 Å². The van der Waals surface area contributed by atoms with Gasteiger partial charge in [0.2, 0.25) is 0 Å². The summed E-state index contributed by atoms with van der Waals surface area (Å²) in [4.78, 5) is 16.5. The lowest BCUT2D eigenvalue weighted by molar-refractivity contribution is 0.747. The molecule has 0 aliphatic carbocycles. The van der Waals surface area contributed by atoms with E-state index in [0.29, 0.717) is 17.6 Å². The first kappa shape index (κ1) is 11.5. The summed E-state index contributed by atoms with van der Waals surface area (Å²) in [5.74, 6) is 0. The van der Waals surface area contributed by atoms with Crippen LogP contribution in [0.2, 0.25) is 0 Å². The molecule has 0 amide bonds. The van der Waals surface area contributed by atoms with Crippen molar-refractivity contribution >= 4 is 16.5 Å². The number of hydrogen-bond donors (Lipinski definition) is 1. The third kappa shape index (κ3) is 2.20. The number of nitrogen functional groups attached to an aromatic ring is 1. The topological polar surface area (TPSA) is 60.9 Å². The van der Waals surface area contributed by atoms with Crippen LogP contribution in [0, 0.1) is 0 Å². The van der Waals surface area contributed by atoms with Gasteiger partial charge in [-0.3, -0.25) is 9.78 Å². The highest BCUT2D eigenvalue weighted by molar-refractivity contribution is 5.81. The molecule has 19 heavy (non-hydrogen) atoms. The molecule has 4 heteroatoms. The molecule has 0 radical (unpaired) electrons.